The second-order valence-electron chi connectivity index (χ2n) is 19.0. The van der Waals surface area contributed by atoms with Crippen molar-refractivity contribution in [1.82, 2.24) is 0 Å². The van der Waals surface area contributed by atoms with Crippen LogP contribution < -0.4 is 0 Å². The lowest BCUT2D eigenvalue weighted by Crippen LogP contribution is -2.51. The van der Waals surface area contributed by atoms with Gasteiger partial charge in [0.2, 0.25) is 0 Å². The first kappa shape index (κ1) is 33.5. The molecule has 4 heteroatoms. The summed E-state index contributed by atoms with van der Waals surface area (Å²) < 4.78 is 0. The maximum absolute atomic E-state index is 12.2. The average Bonchev–Trinajstić information content (AvgIpc) is 3.58. The highest BCUT2D eigenvalue weighted by Crippen LogP contribution is 2.66. The molecule has 0 heterocycles. The van der Waals surface area contributed by atoms with E-state index in [0.29, 0.717) is 40.5 Å². The molecule has 0 amide bonds. The van der Waals surface area contributed by atoms with E-state index in [9.17, 15) is 19.5 Å². The Kier molecular flexibility index (Phi) is 9.01. The molecule has 0 bridgehead atoms. The van der Waals surface area contributed by atoms with Gasteiger partial charge in [0.05, 0.1) is 5.60 Å². The van der Waals surface area contributed by atoms with Crippen LogP contribution in [0.4, 0.5) is 0 Å². The smallest absolute Gasteiger partial charge is 0.133 e. The van der Waals surface area contributed by atoms with Gasteiger partial charge in [0.1, 0.15) is 17.3 Å². The minimum absolute atomic E-state index is 0.282. The molecule has 4 nitrogen and oxygen atoms in total. The molecule has 0 aliphatic heterocycles. The highest BCUT2D eigenvalue weighted by atomic mass is 16.3. The highest BCUT2D eigenvalue weighted by Gasteiger charge is 2.59. The van der Waals surface area contributed by atoms with Gasteiger partial charge in [-0.1, -0.05) is 20.8 Å². The zero-order valence-electron chi connectivity index (χ0n) is 30.0. The van der Waals surface area contributed by atoms with Crippen LogP contribution in [0.5, 0.6) is 0 Å². The molecule has 15 atom stereocenters. The molecule has 8 rings (SSSR count). The van der Waals surface area contributed by atoms with Crippen LogP contribution >= 0.6 is 0 Å². The fraction of sp³-hybridized carbons (Fsp3) is 0.929. The topological polar surface area (TPSA) is 71.4 Å². The van der Waals surface area contributed by atoms with Crippen molar-refractivity contribution in [3.8, 4) is 0 Å². The van der Waals surface area contributed by atoms with E-state index in [2.05, 4.69) is 20.8 Å². The lowest BCUT2D eigenvalue weighted by atomic mass is 9.48. The molecule has 8 fully saturated rings. The van der Waals surface area contributed by atoms with Crippen LogP contribution in [0.15, 0.2) is 0 Å². The van der Waals surface area contributed by atoms with Crippen molar-refractivity contribution in [2.75, 3.05) is 0 Å². The van der Waals surface area contributed by atoms with Gasteiger partial charge in [-0.25, -0.2) is 0 Å². The summed E-state index contributed by atoms with van der Waals surface area (Å²) in [4.78, 5) is 36.1. The first-order valence-electron chi connectivity index (χ1n) is 20.1. The second kappa shape index (κ2) is 12.4. The number of fused-ring (bicyclic) bond motifs is 10. The third-order valence-electron chi connectivity index (χ3n) is 17.5. The Morgan fingerprint density at radius 1 is 0.630 bits per heavy atom. The van der Waals surface area contributed by atoms with Gasteiger partial charge in [-0.15, -0.1) is 0 Å². The van der Waals surface area contributed by atoms with Crippen molar-refractivity contribution in [3.05, 3.63) is 0 Å². The van der Waals surface area contributed by atoms with Crippen molar-refractivity contribution in [2.45, 2.75) is 162 Å². The SMILES string of the molecule is CC(=O)[C@H]1CCC2C3CC[C@H]4CC(=O)CC[C@@H]4C3CC[C@@]21C.CC[C@@]1(O)CC[C@@H]2C3CC[C@@]4(C)C(CC[C@@H]4C(C)=O)C3CC[C@H]2C1. The van der Waals surface area contributed by atoms with Gasteiger partial charge >= 0.3 is 0 Å². The zero-order valence-corrected chi connectivity index (χ0v) is 30.0. The summed E-state index contributed by atoms with van der Waals surface area (Å²) in [6.45, 7) is 10.7. The molecule has 0 radical (unpaired) electrons. The van der Waals surface area contributed by atoms with Crippen LogP contribution in [-0.4, -0.2) is 28.1 Å². The first-order chi connectivity index (χ1) is 21.9. The third-order valence-corrected chi connectivity index (χ3v) is 17.5. The van der Waals surface area contributed by atoms with Gasteiger partial charge in [-0.2, -0.15) is 0 Å². The monoisotopic (exact) mass is 634 g/mol. The Morgan fingerprint density at radius 3 is 1.65 bits per heavy atom. The van der Waals surface area contributed by atoms with Gasteiger partial charge in [0.25, 0.3) is 0 Å². The van der Waals surface area contributed by atoms with Gasteiger partial charge in [0.15, 0.2) is 0 Å². The molecule has 6 unspecified atom stereocenters. The maximum atomic E-state index is 12.2. The van der Waals surface area contributed by atoms with Crippen molar-refractivity contribution < 1.29 is 19.5 Å². The van der Waals surface area contributed by atoms with E-state index in [-0.39, 0.29) is 11.0 Å². The molecular formula is C42H66O4. The Morgan fingerprint density at radius 2 is 1.13 bits per heavy atom. The number of carbonyl (C=O) groups is 3. The van der Waals surface area contributed by atoms with Crippen LogP contribution in [0, 0.1) is 81.8 Å². The normalized spacial score (nSPS) is 52.4. The van der Waals surface area contributed by atoms with Crippen molar-refractivity contribution in [1.29, 1.82) is 0 Å². The Hall–Kier alpha value is -1.03. The third kappa shape index (κ3) is 5.44. The van der Waals surface area contributed by atoms with Crippen LogP contribution in [0.3, 0.4) is 0 Å². The molecule has 46 heavy (non-hydrogen) atoms. The van der Waals surface area contributed by atoms with E-state index in [0.717, 1.165) is 105 Å². The standard InChI is InChI=1S/C22H36O2.C20H30O2/c1-4-22(24)12-10-16-15(13-22)5-6-18-17(16)9-11-21(3)19(14(2)23)7-8-20(18)21;1-12(21)18-7-8-19-17-5-3-13-11-14(22)4-6-15(13)16(17)9-10-20(18,19)2/h15-20,24H,4-13H2,1-3H3;13,15-19H,3-11H2,1-2H3/t15-,16-,17?,18?,19+,20?,21+,22+;13-,15-,16?,17?,18+,19?,20+/m00/s1. The highest BCUT2D eigenvalue weighted by molar-refractivity contribution is 5.80. The van der Waals surface area contributed by atoms with Gasteiger partial charge in [-0.05, 0) is 193 Å². The molecular weight excluding hydrogens is 568 g/mol. The lowest BCUT2D eigenvalue weighted by molar-refractivity contribution is -0.132. The second-order valence-corrected chi connectivity index (χ2v) is 19.0. The Bertz CT molecular complexity index is 1190. The fourth-order valence-corrected chi connectivity index (χ4v) is 15.3. The van der Waals surface area contributed by atoms with Crippen LogP contribution in [-0.2, 0) is 14.4 Å². The average molecular weight is 635 g/mol. The summed E-state index contributed by atoms with van der Waals surface area (Å²) in [5.41, 5.74) is 0.202. The predicted molar refractivity (Wildman–Crippen MR) is 183 cm³/mol. The molecule has 0 spiro atoms. The number of rotatable bonds is 3. The number of carbonyl (C=O) groups excluding carboxylic acids is 3. The number of Topliss-reactive ketones (excluding diaryl/α,β-unsaturated/α-hetero) is 3. The van der Waals surface area contributed by atoms with Gasteiger partial charge in [0, 0.05) is 24.7 Å². The minimum atomic E-state index is -0.371. The zero-order chi connectivity index (χ0) is 32.6. The summed E-state index contributed by atoms with van der Waals surface area (Å²) in [6.07, 6.45) is 22.4. The van der Waals surface area contributed by atoms with Crippen molar-refractivity contribution in [3.63, 3.8) is 0 Å². The van der Waals surface area contributed by atoms with E-state index >= 15 is 0 Å². The van der Waals surface area contributed by atoms with Crippen molar-refractivity contribution >= 4 is 17.3 Å². The maximum Gasteiger partial charge on any atom is 0.133 e. The Balaban J connectivity index is 0.000000147. The summed E-state index contributed by atoms with van der Waals surface area (Å²) in [5, 5.41) is 10.8. The van der Waals surface area contributed by atoms with E-state index < -0.39 is 0 Å². The molecule has 0 aromatic heterocycles. The van der Waals surface area contributed by atoms with Gasteiger partial charge in [-0.3, -0.25) is 14.4 Å². The van der Waals surface area contributed by atoms with Crippen LogP contribution in [0.1, 0.15) is 157 Å². The summed E-state index contributed by atoms with van der Waals surface area (Å²) in [5.74, 6) is 10.2. The molecule has 8 saturated carbocycles. The molecule has 0 saturated heterocycles. The largest absolute Gasteiger partial charge is 0.390 e. The van der Waals surface area contributed by atoms with Crippen LogP contribution in [0.25, 0.3) is 0 Å². The molecule has 8 aliphatic rings. The van der Waals surface area contributed by atoms with Crippen molar-refractivity contribution in [2.24, 2.45) is 81.8 Å². The van der Waals surface area contributed by atoms with Crippen LogP contribution in [0.2, 0.25) is 0 Å². The minimum Gasteiger partial charge on any atom is -0.390 e. The van der Waals surface area contributed by atoms with E-state index in [1.54, 1.807) is 0 Å². The molecule has 258 valence electrons. The Labute approximate surface area is 280 Å². The first-order valence-corrected chi connectivity index (χ1v) is 20.1. The summed E-state index contributed by atoms with van der Waals surface area (Å²) in [6, 6.07) is 0. The predicted octanol–water partition coefficient (Wildman–Crippen LogP) is 9.40. The fourth-order valence-electron chi connectivity index (χ4n) is 15.3. The lowest BCUT2D eigenvalue weighted by Gasteiger charge is -2.57. The van der Waals surface area contributed by atoms with Gasteiger partial charge < -0.3 is 5.11 Å². The summed E-state index contributed by atoms with van der Waals surface area (Å²) in [7, 11) is 0. The van der Waals surface area contributed by atoms with E-state index in [4.69, 9.17) is 0 Å². The summed E-state index contributed by atoms with van der Waals surface area (Å²) >= 11 is 0. The number of ketones is 3. The van der Waals surface area contributed by atoms with E-state index in [1.165, 1.54) is 70.6 Å². The van der Waals surface area contributed by atoms with E-state index in [1.807, 2.05) is 13.8 Å². The number of hydrogen-bond acceptors (Lipinski definition) is 4. The molecule has 0 aromatic carbocycles. The molecule has 0 aromatic rings. The molecule has 1 N–H and O–H groups in total. The number of hydrogen-bond donors (Lipinski definition) is 1. The quantitative estimate of drug-likeness (QED) is 0.336. The number of aliphatic hydroxyl groups is 1. The molecule has 8 aliphatic carbocycles.